The Bertz CT molecular complexity index is 1090. The fourth-order valence-electron chi connectivity index (χ4n) is 3.89. The number of ether oxygens (including phenoxy) is 3. The van der Waals surface area contributed by atoms with Gasteiger partial charge in [0.1, 0.15) is 24.7 Å². The molecule has 4 rings (SSSR count). The van der Waals surface area contributed by atoms with Crippen molar-refractivity contribution in [2.24, 2.45) is 0 Å². The maximum absolute atomic E-state index is 13.8. The zero-order valence-corrected chi connectivity index (χ0v) is 18.2. The highest BCUT2D eigenvalue weighted by Crippen LogP contribution is 2.29. The first kappa shape index (κ1) is 24.5. The highest BCUT2D eigenvalue weighted by Gasteiger charge is 2.33. The summed E-state index contributed by atoms with van der Waals surface area (Å²) in [7, 11) is 0. The lowest BCUT2D eigenvalue weighted by atomic mass is 10.1. The number of piperidine rings is 1. The lowest BCUT2D eigenvalue weighted by Gasteiger charge is -2.32. The molecule has 0 spiro atoms. The number of nitro groups is 1. The highest BCUT2D eigenvalue weighted by molar-refractivity contribution is 5.78. The number of halogens is 4. The molecule has 0 saturated carbocycles. The lowest BCUT2D eigenvalue weighted by molar-refractivity contribution is -0.389. The molecule has 1 amide bonds. The molecule has 2 aliphatic heterocycles. The Kier molecular flexibility index (Phi) is 6.95. The van der Waals surface area contributed by atoms with Crippen LogP contribution in [0.4, 0.5) is 23.4 Å². The predicted molar refractivity (Wildman–Crippen MR) is 109 cm³/mol. The maximum Gasteiger partial charge on any atom is 0.573 e. The van der Waals surface area contributed by atoms with Gasteiger partial charge in [0.25, 0.3) is 0 Å². The van der Waals surface area contributed by atoms with Gasteiger partial charge in [-0.25, -0.2) is 4.39 Å². The van der Waals surface area contributed by atoms with Crippen LogP contribution >= 0.6 is 0 Å². The van der Waals surface area contributed by atoms with Crippen LogP contribution in [0.2, 0.25) is 0 Å². The van der Waals surface area contributed by atoms with Crippen molar-refractivity contribution >= 4 is 11.7 Å². The third kappa shape index (κ3) is 6.49. The summed E-state index contributed by atoms with van der Waals surface area (Å²) in [6.45, 7) is 1.60. The molecular weight excluding hydrogens is 482 g/mol. The number of carbonyl (C=O) groups is 1. The summed E-state index contributed by atoms with van der Waals surface area (Å²) >= 11 is 0. The van der Waals surface area contributed by atoms with Gasteiger partial charge in [0.2, 0.25) is 5.91 Å². The van der Waals surface area contributed by atoms with E-state index in [4.69, 9.17) is 9.47 Å². The molecule has 35 heavy (non-hydrogen) atoms. The third-order valence-corrected chi connectivity index (χ3v) is 5.44. The molecule has 190 valence electrons. The molecule has 2 aromatic rings. The zero-order valence-electron chi connectivity index (χ0n) is 18.2. The van der Waals surface area contributed by atoms with Crippen molar-refractivity contribution < 1.29 is 41.5 Å². The van der Waals surface area contributed by atoms with Crippen molar-refractivity contribution in [2.75, 3.05) is 26.2 Å². The van der Waals surface area contributed by atoms with Gasteiger partial charge < -0.3 is 29.6 Å². The summed E-state index contributed by atoms with van der Waals surface area (Å²) in [5.74, 6) is -2.59. The van der Waals surface area contributed by atoms with E-state index in [1.165, 1.54) is 16.8 Å². The molecule has 11 nitrogen and oxygen atoms in total. The van der Waals surface area contributed by atoms with E-state index in [9.17, 15) is 32.5 Å². The molecule has 1 fully saturated rings. The molecule has 1 aromatic heterocycles. The minimum absolute atomic E-state index is 0.0876. The molecule has 0 aliphatic carbocycles. The lowest BCUT2D eigenvalue weighted by Crippen LogP contribution is -2.49. The number of aromatic nitrogens is 2. The first-order valence-electron chi connectivity index (χ1n) is 10.6. The first-order chi connectivity index (χ1) is 16.6. The zero-order chi connectivity index (χ0) is 25.2. The van der Waals surface area contributed by atoms with Crippen LogP contribution in [0.15, 0.2) is 24.4 Å². The second-order valence-electron chi connectivity index (χ2n) is 8.10. The smallest absolute Gasteiger partial charge is 0.490 e. The number of nitrogens with one attached hydrogen (secondary N) is 1. The molecule has 2 aliphatic rings. The Morgan fingerprint density at radius 1 is 1.31 bits per heavy atom. The maximum atomic E-state index is 13.8. The number of benzene rings is 1. The quantitative estimate of drug-likeness (QED) is 0.347. The summed E-state index contributed by atoms with van der Waals surface area (Å²) in [5.41, 5.74) is 0. The summed E-state index contributed by atoms with van der Waals surface area (Å²) in [5, 5.41) is 13.7. The molecule has 1 saturated heterocycles. The average molecular weight is 503 g/mol. The van der Waals surface area contributed by atoms with E-state index >= 15 is 0 Å². The second-order valence-corrected chi connectivity index (χ2v) is 8.10. The number of likely N-dealkylation sites (tertiary alicyclic amines) is 1. The van der Waals surface area contributed by atoms with Crippen LogP contribution in [0.5, 0.6) is 17.5 Å². The summed E-state index contributed by atoms with van der Waals surface area (Å²) in [6, 6.07) is 2.66. The molecule has 0 bridgehead atoms. The number of imidazole rings is 1. The van der Waals surface area contributed by atoms with Gasteiger partial charge in [0.15, 0.2) is 11.6 Å². The van der Waals surface area contributed by atoms with Gasteiger partial charge in [0.05, 0.1) is 19.1 Å². The van der Waals surface area contributed by atoms with E-state index in [-0.39, 0.29) is 48.8 Å². The van der Waals surface area contributed by atoms with Crippen molar-refractivity contribution in [2.45, 2.75) is 37.9 Å². The largest absolute Gasteiger partial charge is 0.573 e. The number of hydrogen-bond acceptors (Lipinski definition) is 8. The van der Waals surface area contributed by atoms with Crippen molar-refractivity contribution in [1.82, 2.24) is 19.8 Å². The number of alkyl halides is 3. The van der Waals surface area contributed by atoms with E-state index in [0.717, 1.165) is 12.1 Å². The minimum atomic E-state index is -4.99. The van der Waals surface area contributed by atoms with E-state index in [1.54, 1.807) is 0 Å². The van der Waals surface area contributed by atoms with Crippen LogP contribution in [0.25, 0.3) is 0 Å². The molecule has 1 atom stereocenters. The van der Waals surface area contributed by atoms with E-state index in [0.29, 0.717) is 32.5 Å². The van der Waals surface area contributed by atoms with Crippen molar-refractivity contribution in [3.8, 4) is 17.5 Å². The topological polar surface area (TPSA) is 121 Å². The minimum Gasteiger partial charge on any atom is -0.490 e. The monoisotopic (exact) mass is 503 g/mol. The summed E-state index contributed by atoms with van der Waals surface area (Å²) in [4.78, 5) is 28.3. The van der Waals surface area contributed by atoms with Crippen LogP contribution in [0.1, 0.15) is 12.8 Å². The average Bonchev–Trinajstić information content (AvgIpc) is 3.20. The van der Waals surface area contributed by atoms with Gasteiger partial charge in [-0.15, -0.1) is 13.2 Å². The number of carbonyl (C=O) groups excluding carboxylic acids is 1. The Morgan fingerprint density at radius 2 is 2.06 bits per heavy atom. The van der Waals surface area contributed by atoms with Crippen molar-refractivity contribution in [3.05, 3.63) is 40.3 Å². The third-order valence-electron chi connectivity index (χ3n) is 5.44. The summed E-state index contributed by atoms with van der Waals surface area (Å²) in [6.07, 6.45) is -2.96. The number of nitrogens with zero attached hydrogens (tertiary/aromatic N) is 4. The van der Waals surface area contributed by atoms with E-state index in [2.05, 4.69) is 15.0 Å². The highest BCUT2D eigenvalue weighted by atomic mass is 19.4. The van der Waals surface area contributed by atoms with E-state index < -0.39 is 22.9 Å². The SMILES string of the molecule is O=C(CN1CCC(Oc2ccc(OC(F)(F)F)c(F)c2)CC1)N[C@@H]1COc2nc([N+](=O)[O-])cn2C1. The molecule has 1 N–H and O–H groups in total. The van der Waals surface area contributed by atoms with Gasteiger partial charge in [0, 0.05) is 24.1 Å². The fraction of sp³-hybridized carbons (Fsp3) is 0.500. The first-order valence-corrected chi connectivity index (χ1v) is 10.6. The van der Waals surface area contributed by atoms with Crippen LogP contribution in [-0.2, 0) is 11.3 Å². The van der Waals surface area contributed by atoms with Gasteiger partial charge in [-0.05, 0) is 29.9 Å². The summed E-state index contributed by atoms with van der Waals surface area (Å²) < 4.78 is 66.7. The van der Waals surface area contributed by atoms with Crippen LogP contribution in [-0.4, -0.2) is 70.0 Å². The fourth-order valence-corrected chi connectivity index (χ4v) is 3.89. The van der Waals surface area contributed by atoms with Gasteiger partial charge in [-0.2, -0.15) is 0 Å². The number of hydrogen-bond donors (Lipinski definition) is 1. The van der Waals surface area contributed by atoms with Crippen LogP contribution < -0.4 is 19.5 Å². The molecule has 0 radical (unpaired) electrons. The van der Waals surface area contributed by atoms with Crippen molar-refractivity contribution in [3.63, 3.8) is 0 Å². The predicted octanol–water partition coefficient (Wildman–Crippen LogP) is 2.25. The van der Waals surface area contributed by atoms with Crippen LogP contribution in [0.3, 0.4) is 0 Å². The Balaban J connectivity index is 1.20. The Hall–Kier alpha value is -3.62. The van der Waals surface area contributed by atoms with Crippen molar-refractivity contribution in [1.29, 1.82) is 0 Å². The normalized spacial score (nSPS) is 18.9. The molecule has 0 unspecified atom stereocenters. The molecule has 15 heteroatoms. The van der Waals surface area contributed by atoms with E-state index in [1.807, 2.05) is 4.90 Å². The van der Waals surface area contributed by atoms with Gasteiger partial charge in [-0.3, -0.25) is 14.3 Å². The molecule has 3 heterocycles. The van der Waals surface area contributed by atoms with Gasteiger partial charge in [-0.1, -0.05) is 0 Å². The number of rotatable bonds is 7. The standard InChI is InChI=1S/C20H21F4N5O6/c21-15-7-14(1-2-16(15)35-20(22,23)24)34-13-3-5-27(6-4-13)10-18(30)25-12-8-28-9-17(29(31)32)26-19(28)33-11-12/h1-2,7,9,12-13H,3-6,8,10-11H2,(H,25,30)/t12-/m0/s1. The second kappa shape index (κ2) is 9.93. The number of fused-ring (bicyclic) bond motifs is 1. The molecular formula is C20H21F4N5O6. The Labute approximate surface area is 195 Å². The van der Waals surface area contributed by atoms with Gasteiger partial charge >= 0.3 is 18.2 Å². The number of amides is 1. The Morgan fingerprint density at radius 3 is 2.71 bits per heavy atom. The van der Waals surface area contributed by atoms with Crippen LogP contribution in [0, 0.1) is 15.9 Å². The molecule has 1 aromatic carbocycles.